The quantitative estimate of drug-likeness (QED) is 0.450. The summed E-state index contributed by atoms with van der Waals surface area (Å²) in [5.74, 6) is 0. The van der Waals surface area contributed by atoms with Gasteiger partial charge in [0, 0.05) is 12.6 Å². The lowest BCUT2D eigenvalue weighted by atomic mass is 10.2. The minimum atomic E-state index is -0.0926. The van der Waals surface area contributed by atoms with Crippen LogP contribution < -0.4 is 11.5 Å². The molecule has 0 saturated heterocycles. The van der Waals surface area contributed by atoms with Gasteiger partial charge < -0.3 is 16.6 Å². The van der Waals surface area contributed by atoms with Gasteiger partial charge in [-0.15, -0.1) is 0 Å². The number of aliphatic hydroxyl groups excluding tert-OH is 1. The Morgan fingerprint density at radius 1 is 1.62 bits per heavy atom. The number of rotatable bonds is 3. The normalized spacial score (nSPS) is 14.8. The number of nitrogens with two attached hydrogens (primary N) is 2. The van der Waals surface area contributed by atoms with Crippen LogP contribution in [0.4, 0.5) is 0 Å². The maximum Gasteiger partial charge on any atom is 0.0448 e. The maximum absolute atomic E-state index is 8.31. The Labute approximate surface area is 49.0 Å². The second kappa shape index (κ2) is 4.61. The Balaban J connectivity index is 3.17. The lowest BCUT2D eigenvalue weighted by molar-refractivity contribution is 0.283. The highest BCUT2D eigenvalue weighted by Gasteiger charge is 1.91. The molecule has 0 saturated carbocycles. The van der Waals surface area contributed by atoms with Crippen molar-refractivity contribution in [2.24, 2.45) is 11.5 Å². The van der Waals surface area contributed by atoms with Gasteiger partial charge in [0.25, 0.3) is 0 Å². The Bertz CT molecular complexity index is 72.8. The Kier molecular flexibility index (Phi) is 4.30. The first-order valence-corrected chi connectivity index (χ1v) is 2.56. The fourth-order valence-electron chi connectivity index (χ4n) is 0.388. The van der Waals surface area contributed by atoms with Crippen molar-refractivity contribution < 1.29 is 5.11 Å². The summed E-state index contributed by atoms with van der Waals surface area (Å²) >= 11 is 0. The summed E-state index contributed by atoms with van der Waals surface area (Å²) in [4.78, 5) is 0. The summed E-state index contributed by atoms with van der Waals surface area (Å²) in [5.41, 5.74) is 10.4. The predicted molar refractivity (Wildman–Crippen MR) is 33.0 cm³/mol. The maximum atomic E-state index is 8.31. The monoisotopic (exact) mass is 116 g/mol. The third-order valence-corrected chi connectivity index (χ3v) is 0.821. The average Bonchev–Trinajstić information content (AvgIpc) is 1.68. The largest absolute Gasteiger partial charge is 0.405 e. The highest BCUT2D eigenvalue weighted by molar-refractivity contribution is 4.87. The molecular weight excluding hydrogens is 104 g/mol. The SMILES string of the molecule is NC=CC(N)CCO. The van der Waals surface area contributed by atoms with Crippen LogP contribution in [0.15, 0.2) is 12.3 Å². The molecule has 3 nitrogen and oxygen atoms in total. The van der Waals surface area contributed by atoms with E-state index in [2.05, 4.69) is 0 Å². The van der Waals surface area contributed by atoms with Crippen LogP contribution in [0.1, 0.15) is 6.42 Å². The molecule has 0 aromatic heterocycles. The third-order valence-electron chi connectivity index (χ3n) is 0.821. The van der Waals surface area contributed by atoms with Crippen LogP contribution in [0.5, 0.6) is 0 Å². The molecule has 0 bridgehead atoms. The molecule has 48 valence electrons. The van der Waals surface area contributed by atoms with E-state index in [0.29, 0.717) is 6.42 Å². The second-order valence-corrected chi connectivity index (χ2v) is 1.56. The van der Waals surface area contributed by atoms with E-state index in [0.717, 1.165) is 0 Å². The summed E-state index contributed by atoms with van der Waals surface area (Å²) in [6, 6.07) is -0.0926. The zero-order valence-corrected chi connectivity index (χ0v) is 4.75. The zero-order valence-electron chi connectivity index (χ0n) is 4.75. The summed E-state index contributed by atoms with van der Waals surface area (Å²) in [6.45, 7) is 0.117. The highest BCUT2D eigenvalue weighted by atomic mass is 16.3. The first-order valence-electron chi connectivity index (χ1n) is 2.56. The second-order valence-electron chi connectivity index (χ2n) is 1.56. The summed E-state index contributed by atoms with van der Waals surface area (Å²) in [6.07, 6.45) is 3.62. The molecule has 0 heterocycles. The van der Waals surface area contributed by atoms with Gasteiger partial charge in [-0.25, -0.2) is 0 Å². The van der Waals surface area contributed by atoms with Crippen LogP contribution in [0.3, 0.4) is 0 Å². The van der Waals surface area contributed by atoms with E-state index in [-0.39, 0.29) is 12.6 Å². The fourth-order valence-corrected chi connectivity index (χ4v) is 0.388. The molecule has 0 aliphatic rings. The Hall–Kier alpha value is -0.540. The summed E-state index contributed by atoms with van der Waals surface area (Å²) in [5, 5.41) is 8.31. The standard InChI is InChI=1S/C5H12N2O/c6-3-1-5(7)2-4-8/h1,3,5,8H,2,4,6-7H2. The van der Waals surface area contributed by atoms with Crippen LogP contribution in [0, 0.1) is 0 Å². The van der Waals surface area contributed by atoms with Crippen molar-refractivity contribution in [1.29, 1.82) is 0 Å². The molecule has 0 fully saturated rings. The van der Waals surface area contributed by atoms with Gasteiger partial charge in [-0.3, -0.25) is 0 Å². The highest BCUT2D eigenvalue weighted by Crippen LogP contribution is 1.85. The average molecular weight is 116 g/mol. The van der Waals surface area contributed by atoms with Gasteiger partial charge in [-0.05, 0) is 12.6 Å². The van der Waals surface area contributed by atoms with Crippen molar-refractivity contribution in [1.82, 2.24) is 0 Å². The topological polar surface area (TPSA) is 72.3 Å². The van der Waals surface area contributed by atoms with Gasteiger partial charge >= 0.3 is 0 Å². The fraction of sp³-hybridized carbons (Fsp3) is 0.600. The third kappa shape index (κ3) is 3.64. The first-order chi connectivity index (χ1) is 3.81. The van der Waals surface area contributed by atoms with E-state index in [1.165, 1.54) is 6.20 Å². The van der Waals surface area contributed by atoms with Crippen LogP contribution >= 0.6 is 0 Å². The van der Waals surface area contributed by atoms with E-state index in [1.807, 2.05) is 0 Å². The van der Waals surface area contributed by atoms with E-state index in [1.54, 1.807) is 6.08 Å². The molecule has 0 aromatic rings. The minimum Gasteiger partial charge on any atom is -0.405 e. The molecular formula is C5H12N2O. The molecule has 1 atom stereocenters. The Morgan fingerprint density at radius 3 is 2.62 bits per heavy atom. The minimum absolute atomic E-state index is 0.0926. The molecule has 0 amide bonds. The first kappa shape index (κ1) is 7.46. The van der Waals surface area contributed by atoms with Crippen molar-refractivity contribution >= 4 is 0 Å². The Morgan fingerprint density at radius 2 is 2.25 bits per heavy atom. The zero-order chi connectivity index (χ0) is 6.41. The lowest BCUT2D eigenvalue weighted by Gasteiger charge is -1.99. The molecule has 3 heteroatoms. The molecule has 5 N–H and O–H groups in total. The van der Waals surface area contributed by atoms with Crippen molar-refractivity contribution in [3.05, 3.63) is 12.3 Å². The summed E-state index contributed by atoms with van der Waals surface area (Å²) < 4.78 is 0. The van der Waals surface area contributed by atoms with E-state index in [9.17, 15) is 0 Å². The molecule has 0 aliphatic heterocycles. The lowest BCUT2D eigenvalue weighted by Crippen LogP contribution is -2.18. The smallest absolute Gasteiger partial charge is 0.0448 e. The molecule has 1 unspecified atom stereocenters. The summed E-state index contributed by atoms with van der Waals surface area (Å²) in [7, 11) is 0. The van der Waals surface area contributed by atoms with Crippen molar-refractivity contribution in [2.45, 2.75) is 12.5 Å². The van der Waals surface area contributed by atoms with Gasteiger partial charge in [-0.2, -0.15) is 0 Å². The van der Waals surface area contributed by atoms with Crippen molar-refractivity contribution in [2.75, 3.05) is 6.61 Å². The van der Waals surface area contributed by atoms with Gasteiger partial charge in [0.2, 0.25) is 0 Å². The van der Waals surface area contributed by atoms with Gasteiger partial charge in [-0.1, -0.05) is 6.08 Å². The molecule has 0 radical (unpaired) electrons. The molecule has 0 aromatic carbocycles. The molecule has 8 heavy (non-hydrogen) atoms. The van der Waals surface area contributed by atoms with E-state index in [4.69, 9.17) is 16.6 Å². The number of aliphatic hydroxyl groups is 1. The molecule has 0 aliphatic carbocycles. The van der Waals surface area contributed by atoms with Gasteiger partial charge in [0.05, 0.1) is 0 Å². The van der Waals surface area contributed by atoms with Crippen LogP contribution in [0.25, 0.3) is 0 Å². The van der Waals surface area contributed by atoms with Crippen LogP contribution in [-0.4, -0.2) is 17.8 Å². The predicted octanol–water partition coefficient (Wildman–Crippen LogP) is -0.831. The van der Waals surface area contributed by atoms with Gasteiger partial charge in [0.1, 0.15) is 0 Å². The van der Waals surface area contributed by atoms with Crippen LogP contribution in [-0.2, 0) is 0 Å². The van der Waals surface area contributed by atoms with E-state index >= 15 is 0 Å². The molecule has 0 spiro atoms. The van der Waals surface area contributed by atoms with Crippen LogP contribution in [0.2, 0.25) is 0 Å². The van der Waals surface area contributed by atoms with Gasteiger partial charge in [0.15, 0.2) is 0 Å². The number of hydrogen-bond acceptors (Lipinski definition) is 3. The molecule has 0 rings (SSSR count). The van der Waals surface area contributed by atoms with E-state index < -0.39 is 0 Å². The van der Waals surface area contributed by atoms with Crippen molar-refractivity contribution in [3.63, 3.8) is 0 Å². The number of hydrogen-bond donors (Lipinski definition) is 3. The van der Waals surface area contributed by atoms with Crippen molar-refractivity contribution in [3.8, 4) is 0 Å².